The molecule has 0 saturated carbocycles. The zero-order valence-electron chi connectivity index (χ0n) is 15.0. The molecule has 1 unspecified atom stereocenters. The van der Waals surface area contributed by atoms with Gasteiger partial charge in [0.2, 0.25) is 5.91 Å². The summed E-state index contributed by atoms with van der Waals surface area (Å²) in [6.07, 6.45) is 0.127. The van der Waals surface area contributed by atoms with Crippen LogP contribution in [-0.4, -0.2) is 41.8 Å². The van der Waals surface area contributed by atoms with Crippen molar-refractivity contribution in [3.8, 4) is 0 Å². The summed E-state index contributed by atoms with van der Waals surface area (Å²) in [7, 11) is 0. The summed E-state index contributed by atoms with van der Waals surface area (Å²) in [4.78, 5) is 38.9. The van der Waals surface area contributed by atoms with Crippen molar-refractivity contribution in [3.63, 3.8) is 0 Å². The summed E-state index contributed by atoms with van der Waals surface area (Å²) >= 11 is 0. The number of rotatable bonds is 7. The first-order chi connectivity index (χ1) is 13.1. The van der Waals surface area contributed by atoms with Gasteiger partial charge in [-0.15, -0.1) is 0 Å². The molecule has 1 aliphatic heterocycles. The van der Waals surface area contributed by atoms with Crippen LogP contribution < -0.4 is 5.32 Å². The highest BCUT2D eigenvalue weighted by molar-refractivity contribution is 6.00. The lowest BCUT2D eigenvalue weighted by molar-refractivity contribution is -0.136. The molecule has 0 aromatic heterocycles. The first kappa shape index (κ1) is 18.6. The van der Waals surface area contributed by atoms with E-state index in [1.54, 1.807) is 29.2 Å². The highest BCUT2D eigenvalue weighted by Crippen LogP contribution is 2.13. The van der Waals surface area contributed by atoms with E-state index >= 15 is 0 Å². The number of benzene rings is 2. The lowest BCUT2D eigenvalue weighted by atomic mass is 10.0. The van der Waals surface area contributed by atoms with Gasteiger partial charge in [0.05, 0.1) is 0 Å². The van der Waals surface area contributed by atoms with Gasteiger partial charge in [0.15, 0.2) is 5.78 Å². The monoisotopic (exact) mass is 366 g/mol. The lowest BCUT2D eigenvalue weighted by Gasteiger charge is -2.34. The number of Topliss-reactive ketones (excluding diaryl/α,β-unsaturated/α-hetero) is 1. The number of ketones is 1. The van der Waals surface area contributed by atoms with Gasteiger partial charge < -0.3 is 15.0 Å². The largest absolute Gasteiger partial charge is 0.445 e. The first-order valence-electron chi connectivity index (χ1n) is 8.98. The Hall–Kier alpha value is -3.15. The summed E-state index contributed by atoms with van der Waals surface area (Å²) in [5, 5.41) is 2.56. The highest BCUT2D eigenvalue weighted by atomic mass is 16.5. The molecule has 2 aromatic carbocycles. The van der Waals surface area contributed by atoms with Crippen molar-refractivity contribution in [3.05, 3.63) is 71.8 Å². The number of amides is 2. The maximum Gasteiger partial charge on any atom is 0.408 e. The molecule has 0 spiro atoms. The van der Waals surface area contributed by atoms with Gasteiger partial charge in [0.1, 0.15) is 12.6 Å². The number of hydrogen-bond donors (Lipinski definition) is 1. The molecular formula is C21H22N2O4. The number of nitrogens with zero attached hydrogens (tertiary/aromatic N) is 1. The summed E-state index contributed by atoms with van der Waals surface area (Å²) in [6, 6.07) is 17.1. The molecule has 1 N–H and O–H groups in total. The zero-order chi connectivity index (χ0) is 19.1. The Morgan fingerprint density at radius 2 is 1.59 bits per heavy atom. The molecule has 1 saturated heterocycles. The molecule has 2 aromatic rings. The normalized spacial score (nSPS) is 14.0. The first-order valence-corrected chi connectivity index (χ1v) is 8.98. The fourth-order valence-electron chi connectivity index (χ4n) is 2.79. The maximum absolute atomic E-state index is 12.6. The van der Waals surface area contributed by atoms with Gasteiger partial charge in [0, 0.05) is 25.1 Å². The minimum absolute atomic E-state index is 0.0974. The van der Waals surface area contributed by atoms with Crippen LogP contribution in [-0.2, 0) is 16.1 Å². The van der Waals surface area contributed by atoms with E-state index in [1.165, 1.54) is 0 Å². The summed E-state index contributed by atoms with van der Waals surface area (Å²) < 4.78 is 5.20. The summed E-state index contributed by atoms with van der Waals surface area (Å²) in [6.45, 7) is 1.40. The number of hydrogen-bond acceptors (Lipinski definition) is 4. The van der Waals surface area contributed by atoms with Crippen molar-refractivity contribution in [2.45, 2.75) is 25.5 Å². The van der Waals surface area contributed by atoms with Gasteiger partial charge in [-0.25, -0.2) is 4.79 Å². The Morgan fingerprint density at radius 3 is 2.19 bits per heavy atom. The van der Waals surface area contributed by atoms with Crippen LogP contribution in [0, 0.1) is 0 Å². The second-order valence-corrected chi connectivity index (χ2v) is 6.43. The van der Waals surface area contributed by atoms with E-state index in [2.05, 4.69) is 5.32 Å². The van der Waals surface area contributed by atoms with Crippen LogP contribution in [0.15, 0.2) is 60.7 Å². The van der Waals surface area contributed by atoms with Crippen molar-refractivity contribution in [1.29, 1.82) is 0 Å². The number of alkyl carbamates (subject to hydrolysis) is 1. The van der Waals surface area contributed by atoms with Crippen molar-refractivity contribution < 1.29 is 19.1 Å². The van der Waals surface area contributed by atoms with Crippen LogP contribution in [0.4, 0.5) is 4.79 Å². The average Bonchev–Trinajstić information content (AvgIpc) is 2.66. The van der Waals surface area contributed by atoms with Gasteiger partial charge in [-0.3, -0.25) is 9.59 Å². The molecule has 0 aliphatic carbocycles. The summed E-state index contributed by atoms with van der Waals surface area (Å²) in [5.74, 6) is -0.444. The van der Waals surface area contributed by atoms with E-state index < -0.39 is 12.1 Å². The Balaban J connectivity index is 1.61. The van der Waals surface area contributed by atoms with Crippen LogP contribution in [0.3, 0.4) is 0 Å². The Morgan fingerprint density at radius 1 is 0.963 bits per heavy atom. The van der Waals surface area contributed by atoms with Crippen LogP contribution >= 0.6 is 0 Å². The minimum atomic E-state index is -0.929. The van der Waals surface area contributed by atoms with E-state index in [9.17, 15) is 14.4 Å². The number of carbonyl (C=O) groups is 3. The molecule has 1 atom stereocenters. The molecule has 1 aliphatic rings. The number of carbonyl (C=O) groups excluding carboxylic acids is 3. The average molecular weight is 366 g/mol. The molecule has 0 bridgehead atoms. The number of likely N-dealkylation sites (tertiary alicyclic amines) is 1. The summed E-state index contributed by atoms with van der Waals surface area (Å²) in [5.41, 5.74) is 1.36. The van der Waals surface area contributed by atoms with Crippen molar-refractivity contribution in [2.75, 3.05) is 13.1 Å². The standard InChI is InChI=1S/C21H22N2O4/c24-19(17-10-5-2-6-11-17)14-18(20(25)23-12-7-13-23)22-21(26)27-15-16-8-3-1-4-9-16/h1-6,8-11,18H,7,12-15H2,(H,22,26). The number of nitrogens with one attached hydrogen (secondary N) is 1. The molecule has 140 valence electrons. The minimum Gasteiger partial charge on any atom is -0.445 e. The third-order valence-electron chi connectivity index (χ3n) is 4.46. The quantitative estimate of drug-likeness (QED) is 0.765. The topological polar surface area (TPSA) is 75.7 Å². The van der Waals surface area contributed by atoms with Gasteiger partial charge in [-0.2, -0.15) is 0 Å². The number of ether oxygens (including phenoxy) is 1. The smallest absolute Gasteiger partial charge is 0.408 e. The second-order valence-electron chi connectivity index (χ2n) is 6.43. The molecule has 1 heterocycles. The maximum atomic E-state index is 12.6. The molecule has 2 amide bonds. The van der Waals surface area contributed by atoms with Crippen LogP contribution in [0.25, 0.3) is 0 Å². The highest BCUT2D eigenvalue weighted by Gasteiger charge is 2.31. The van der Waals surface area contributed by atoms with Crippen molar-refractivity contribution in [1.82, 2.24) is 10.2 Å². The molecule has 3 rings (SSSR count). The van der Waals surface area contributed by atoms with E-state index in [-0.39, 0.29) is 24.7 Å². The molecule has 0 radical (unpaired) electrons. The SMILES string of the molecule is O=C(NC(CC(=O)c1ccccc1)C(=O)N1CCC1)OCc1ccccc1. The molecule has 6 heteroatoms. The van der Waals surface area contributed by atoms with Crippen LogP contribution in [0.5, 0.6) is 0 Å². The lowest BCUT2D eigenvalue weighted by Crippen LogP contribution is -2.53. The third kappa shape index (κ3) is 5.17. The van der Waals surface area contributed by atoms with Gasteiger partial charge >= 0.3 is 6.09 Å². The zero-order valence-corrected chi connectivity index (χ0v) is 15.0. The fourth-order valence-corrected chi connectivity index (χ4v) is 2.79. The molecule has 1 fully saturated rings. The fraction of sp³-hybridized carbons (Fsp3) is 0.286. The van der Waals surface area contributed by atoms with Crippen LogP contribution in [0.2, 0.25) is 0 Å². The van der Waals surface area contributed by atoms with Crippen molar-refractivity contribution in [2.24, 2.45) is 0 Å². The van der Waals surface area contributed by atoms with E-state index in [0.29, 0.717) is 18.7 Å². The van der Waals surface area contributed by atoms with Crippen molar-refractivity contribution >= 4 is 17.8 Å². The second kappa shape index (κ2) is 8.98. The predicted molar refractivity (Wildman–Crippen MR) is 100 cm³/mol. The third-order valence-corrected chi connectivity index (χ3v) is 4.46. The molecular weight excluding hydrogens is 344 g/mol. The van der Waals surface area contributed by atoms with Crippen LogP contribution in [0.1, 0.15) is 28.8 Å². The van der Waals surface area contributed by atoms with Gasteiger partial charge in [-0.1, -0.05) is 60.7 Å². The van der Waals surface area contributed by atoms with E-state index in [4.69, 9.17) is 4.74 Å². The predicted octanol–water partition coefficient (Wildman–Crippen LogP) is 2.79. The van der Waals surface area contributed by atoms with E-state index in [0.717, 1.165) is 12.0 Å². The molecule has 27 heavy (non-hydrogen) atoms. The Bertz CT molecular complexity index is 788. The van der Waals surface area contributed by atoms with E-state index in [1.807, 2.05) is 36.4 Å². The van der Waals surface area contributed by atoms with Gasteiger partial charge in [-0.05, 0) is 12.0 Å². The Labute approximate surface area is 158 Å². The Kier molecular flexibility index (Phi) is 6.20. The van der Waals surface area contributed by atoms with Gasteiger partial charge in [0.25, 0.3) is 0 Å². The molecule has 6 nitrogen and oxygen atoms in total.